The number of ether oxygens (including phenoxy) is 1. The van der Waals surface area contributed by atoms with Crippen LogP contribution in [0.3, 0.4) is 0 Å². The molecular formula is C20H26N2O3. The number of anilines is 1. The van der Waals surface area contributed by atoms with Gasteiger partial charge in [-0.1, -0.05) is 30.3 Å². The van der Waals surface area contributed by atoms with Gasteiger partial charge in [-0.25, -0.2) is 0 Å². The summed E-state index contributed by atoms with van der Waals surface area (Å²) < 4.78 is 6.75. The summed E-state index contributed by atoms with van der Waals surface area (Å²) >= 11 is 0. The van der Waals surface area contributed by atoms with Gasteiger partial charge in [0.15, 0.2) is 0 Å². The van der Waals surface area contributed by atoms with Crippen LogP contribution in [0.5, 0.6) is 0 Å². The highest BCUT2D eigenvalue weighted by atomic mass is 16.6. The Morgan fingerprint density at radius 3 is 2.44 bits per heavy atom. The summed E-state index contributed by atoms with van der Waals surface area (Å²) in [5, 5.41) is 3.17. The Morgan fingerprint density at radius 2 is 1.80 bits per heavy atom. The predicted molar refractivity (Wildman–Crippen MR) is 99.9 cm³/mol. The van der Waals surface area contributed by atoms with Gasteiger partial charge in [0, 0.05) is 12.2 Å². The van der Waals surface area contributed by atoms with E-state index in [2.05, 4.69) is 17.4 Å². The Morgan fingerprint density at radius 1 is 1.12 bits per heavy atom. The summed E-state index contributed by atoms with van der Waals surface area (Å²) in [6, 6.07) is 13.7. The van der Waals surface area contributed by atoms with Crippen LogP contribution < -0.4 is 10.9 Å². The molecule has 25 heavy (non-hydrogen) atoms. The van der Waals surface area contributed by atoms with Crippen LogP contribution in [0.15, 0.2) is 47.3 Å². The van der Waals surface area contributed by atoms with E-state index < -0.39 is 11.6 Å². The quantitative estimate of drug-likeness (QED) is 0.819. The molecule has 0 saturated heterocycles. The Balaban J connectivity index is 2.05. The zero-order chi connectivity index (χ0) is 18.4. The van der Waals surface area contributed by atoms with Crippen molar-refractivity contribution in [2.45, 2.75) is 46.3 Å². The molecule has 1 N–H and O–H groups in total. The highest BCUT2D eigenvalue weighted by Gasteiger charge is 2.18. The zero-order valence-electron chi connectivity index (χ0n) is 15.3. The van der Waals surface area contributed by atoms with Gasteiger partial charge in [-0.05, 0) is 51.8 Å². The maximum absolute atomic E-state index is 12.6. The summed E-state index contributed by atoms with van der Waals surface area (Å²) in [5.41, 5.74) is 1.64. The molecule has 5 nitrogen and oxygen atoms in total. The number of nitrogens with zero attached hydrogens (tertiary/aromatic N) is 1. The number of pyridine rings is 1. The molecule has 0 atom stereocenters. The SMILES string of the molecule is Cc1ccc(NCCc2ccccc2)c(=O)n1CC(=O)OC(C)(C)C. The largest absolute Gasteiger partial charge is 0.459 e. The van der Waals surface area contributed by atoms with Crippen LogP contribution in [-0.2, 0) is 22.5 Å². The molecule has 0 fully saturated rings. The second-order valence-corrected chi connectivity index (χ2v) is 7.03. The molecule has 2 aromatic rings. The first-order chi connectivity index (χ1) is 11.8. The number of nitrogens with one attached hydrogen (secondary N) is 1. The molecule has 0 aliphatic heterocycles. The maximum atomic E-state index is 12.6. The zero-order valence-corrected chi connectivity index (χ0v) is 15.3. The lowest BCUT2D eigenvalue weighted by atomic mass is 10.1. The fourth-order valence-electron chi connectivity index (χ4n) is 2.49. The average molecular weight is 342 g/mol. The lowest BCUT2D eigenvalue weighted by molar-refractivity contribution is -0.155. The minimum atomic E-state index is -0.569. The molecule has 0 bridgehead atoms. The van der Waals surface area contributed by atoms with E-state index in [4.69, 9.17) is 4.74 Å². The van der Waals surface area contributed by atoms with E-state index in [0.717, 1.165) is 12.1 Å². The van der Waals surface area contributed by atoms with Crippen molar-refractivity contribution in [3.63, 3.8) is 0 Å². The molecule has 0 aliphatic rings. The number of rotatable bonds is 6. The van der Waals surface area contributed by atoms with Crippen LogP contribution in [0.4, 0.5) is 5.69 Å². The van der Waals surface area contributed by atoms with E-state index in [0.29, 0.717) is 12.2 Å². The van der Waals surface area contributed by atoms with Gasteiger partial charge in [-0.2, -0.15) is 0 Å². The Bertz CT molecular complexity index is 774. The van der Waals surface area contributed by atoms with E-state index in [1.54, 1.807) is 13.0 Å². The average Bonchev–Trinajstić information content (AvgIpc) is 2.53. The first kappa shape index (κ1) is 18.8. The summed E-state index contributed by atoms with van der Waals surface area (Å²) in [4.78, 5) is 24.7. The highest BCUT2D eigenvalue weighted by molar-refractivity contribution is 5.70. The van der Waals surface area contributed by atoms with Crippen molar-refractivity contribution in [3.05, 3.63) is 64.1 Å². The number of esters is 1. The number of aryl methyl sites for hydroxylation is 1. The van der Waals surface area contributed by atoms with Crippen molar-refractivity contribution < 1.29 is 9.53 Å². The van der Waals surface area contributed by atoms with Gasteiger partial charge < -0.3 is 10.1 Å². The van der Waals surface area contributed by atoms with Crippen LogP contribution in [0.1, 0.15) is 32.0 Å². The van der Waals surface area contributed by atoms with Gasteiger partial charge in [0.1, 0.15) is 17.8 Å². The monoisotopic (exact) mass is 342 g/mol. The number of benzene rings is 1. The summed E-state index contributed by atoms with van der Waals surface area (Å²) in [6.45, 7) is 7.79. The first-order valence-electron chi connectivity index (χ1n) is 8.46. The third-order valence-corrected chi connectivity index (χ3v) is 3.67. The van der Waals surface area contributed by atoms with E-state index in [9.17, 15) is 9.59 Å². The smallest absolute Gasteiger partial charge is 0.326 e. The van der Waals surface area contributed by atoms with Crippen molar-refractivity contribution in [2.75, 3.05) is 11.9 Å². The molecule has 1 aromatic carbocycles. The van der Waals surface area contributed by atoms with Crippen LogP contribution in [0, 0.1) is 6.92 Å². The third-order valence-electron chi connectivity index (χ3n) is 3.67. The number of hydrogen-bond acceptors (Lipinski definition) is 4. The Labute approximate surface area is 148 Å². The summed E-state index contributed by atoms with van der Waals surface area (Å²) in [7, 11) is 0. The molecule has 1 aromatic heterocycles. The van der Waals surface area contributed by atoms with Crippen LogP contribution in [-0.4, -0.2) is 22.7 Å². The molecule has 0 aliphatic carbocycles. The van der Waals surface area contributed by atoms with Crippen LogP contribution in [0.25, 0.3) is 0 Å². The number of hydrogen-bond donors (Lipinski definition) is 1. The topological polar surface area (TPSA) is 60.3 Å². The van der Waals surface area contributed by atoms with Crippen molar-refractivity contribution in [1.82, 2.24) is 4.57 Å². The Kier molecular flexibility index (Phi) is 6.02. The van der Waals surface area contributed by atoms with Crippen LogP contribution >= 0.6 is 0 Å². The van der Waals surface area contributed by atoms with E-state index in [1.165, 1.54) is 10.1 Å². The highest BCUT2D eigenvalue weighted by Crippen LogP contribution is 2.09. The molecule has 0 unspecified atom stereocenters. The summed E-state index contributed by atoms with van der Waals surface area (Å²) in [6.07, 6.45) is 0.820. The van der Waals surface area contributed by atoms with E-state index in [1.807, 2.05) is 45.0 Å². The number of carbonyl (C=O) groups excluding carboxylic acids is 1. The molecule has 1 heterocycles. The van der Waals surface area contributed by atoms with Gasteiger partial charge in [0.05, 0.1) is 0 Å². The van der Waals surface area contributed by atoms with Crippen molar-refractivity contribution in [3.8, 4) is 0 Å². The van der Waals surface area contributed by atoms with Gasteiger partial charge >= 0.3 is 5.97 Å². The first-order valence-corrected chi connectivity index (χ1v) is 8.46. The minimum Gasteiger partial charge on any atom is -0.459 e. The minimum absolute atomic E-state index is 0.0872. The molecule has 0 radical (unpaired) electrons. The standard InChI is InChI=1S/C20H26N2O3/c1-15-10-11-17(21-13-12-16-8-6-5-7-9-16)19(24)22(15)14-18(23)25-20(2,3)4/h5-11,21H,12-14H2,1-4H3. The van der Waals surface area contributed by atoms with Crippen molar-refractivity contribution in [2.24, 2.45) is 0 Å². The van der Waals surface area contributed by atoms with Gasteiger partial charge in [-0.15, -0.1) is 0 Å². The molecular weight excluding hydrogens is 316 g/mol. The molecule has 0 amide bonds. The van der Waals surface area contributed by atoms with E-state index in [-0.39, 0.29) is 12.1 Å². The Hall–Kier alpha value is -2.56. The number of carbonyl (C=O) groups is 1. The second kappa shape index (κ2) is 8.01. The fraction of sp³-hybridized carbons (Fsp3) is 0.400. The summed E-state index contributed by atoms with van der Waals surface area (Å²) in [5.74, 6) is -0.417. The van der Waals surface area contributed by atoms with Crippen LogP contribution in [0.2, 0.25) is 0 Å². The molecule has 2 rings (SSSR count). The lowest BCUT2D eigenvalue weighted by Crippen LogP contribution is -2.32. The normalized spacial score (nSPS) is 11.2. The third kappa shape index (κ3) is 5.78. The molecule has 0 spiro atoms. The molecule has 134 valence electrons. The molecule has 0 saturated carbocycles. The second-order valence-electron chi connectivity index (χ2n) is 7.03. The molecule has 5 heteroatoms. The maximum Gasteiger partial charge on any atom is 0.326 e. The van der Waals surface area contributed by atoms with Gasteiger partial charge in [0.2, 0.25) is 0 Å². The van der Waals surface area contributed by atoms with Gasteiger partial charge in [-0.3, -0.25) is 14.2 Å². The lowest BCUT2D eigenvalue weighted by Gasteiger charge is -2.20. The van der Waals surface area contributed by atoms with E-state index >= 15 is 0 Å². The fourth-order valence-corrected chi connectivity index (χ4v) is 2.49. The predicted octanol–water partition coefficient (Wildman–Crippen LogP) is 3.15. The van der Waals surface area contributed by atoms with Gasteiger partial charge in [0.25, 0.3) is 5.56 Å². The number of aromatic nitrogens is 1. The van der Waals surface area contributed by atoms with Crippen molar-refractivity contribution in [1.29, 1.82) is 0 Å². The van der Waals surface area contributed by atoms with Crippen molar-refractivity contribution >= 4 is 11.7 Å².